The Kier molecular flexibility index (Phi) is 8.40. The third kappa shape index (κ3) is 6.05. The first-order valence-electron chi connectivity index (χ1n) is 18.0. The highest BCUT2D eigenvalue weighted by Gasteiger charge is 2.20. The van der Waals surface area contributed by atoms with Gasteiger partial charge in [-0.05, 0) is 94.6 Å². The maximum atomic E-state index is 2.37. The minimum absolute atomic E-state index is 0.299. The van der Waals surface area contributed by atoms with E-state index in [1.54, 1.807) is 0 Å². The molecule has 1 atom stereocenters. The number of anilines is 6. The van der Waals surface area contributed by atoms with Gasteiger partial charge in [-0.3, -0.25) is 0 Å². The molecule has 0 saturated carbocycles. The number of benzene rings is 8. The molecule has 1 aliphatic carbocycles. The Labute approximate surface area is 305 Å². The Hall–Kier alpha value is -6.64. The zero-order valence-electron chi connectivity index (χ0n) is 28.9. The molecule has 2 heteroatoms. The van der Waals surface area contributed by atoms with Crippen LogP contribution in [0.3, 0.4) is 0 Å². The highest BCUT2D eigenvalue weighted by molar-refractivity contribution is 6.00. The van der Waals surface area contributed by atoms with E-state index in [1.807, 2.05) is 0 Å². The van der Waals surface area contributed by atoms with E-state index in [1.165, 1.54) is 49.6 Å². The summed E-state index contributed by atoms with van der Waals surface area (Å²) in [4.78, 5) is 4.73. The van der Waals surface area contributed by atoms with Gasteiger partial charge in [0.15, 0.2) is 0 Å². The molecule has 0 saturated heterocycles. The average Bonchev–Trinajstić information content (AvgIpc) is 3.23. The summed E-state index contributed by atoms with van der Waals surface area (Å²) in [5.74, 6) is 0.299. The van der Waals surface area contributed by atoms with Crippen molar-refractivity contribution < 1.29 is 0 Å². The second-order valence-electron chi connectivity index (χ2n) is 13.4. The quantitative estimate of drug-likeness (QED) is 0.159. The summed E-state index contributed by atoms with van der Waals surface area (Å²) in [6, 6.07) is 69.9. The van der Waals surface area contributed by atoms with Gasteiger partial charge in [-0.25, -0.2) is 0 Å². The van der Waals surface area contributed by atoms with Crippen LogP contribution in [0.15, 0.2) is 212 Å². The Morgan fingerprint density at radius 2 is 0.827 bits per heavy atom. The molecule has 8 aromatic rings. The van der Waals surface area contributed by atoms with Gasteiger partial charge < -0.3 is 9.80 Å². The summed E-state index contributed by atoms with van der Waals surface area (Å²) in [7, 11) is 0. The normalized spacial score (nSPS) is 13.9. The van der Waals surface area contributed by atoms with Crippen LogP contribution in [0.2, 0.25) is 0 Å². The molecule has 0 N–H and O–H groups in total. The van der Waals surface area contributed by atoms with Crippen molar-refractivity contribution in [2.45, 2.75) is 12.3 Å². The lowest BCUT2D eigenvalue weighted by Gasteiger charge is -2.28. The van der Waals surface area contributed by atoms with Gasteiger partial charge in [0, 0.05) is 39.4 Å². The first-order chi connectivity index (χ1) is 25.8. The fraction of sp³-hybridized carbons (Fsp3) is 0.0400. The second kappa shape index (κ2) is 13.9. The molecule has 0 fully saturated rings. The predicted octanol–water partition coefficient (Wildman–Crippen LogP) is 14.1. The molecular weight excluding hydrogens is 629 g/mol. The fourth-order valence-corrected chi connectivity index (χ4v) is 7.63. The smallest absolute Gasteiger partial charge is 0.0540 e. The van der Waals surface area contributed by atoms with Crippen molar-refractivity contribution in [3.8, 4) is 0 Å². The summed E-state index contributed by atoms with van der Waals surface area (Å²) >= 11 is 0. The molecule has 8 aromatic carbocycles. The molecule has 0 heterocycles. The van der Waals surface area contributed by atoms with Crippen molar-refractivity contribution in [3.05, 3.63) is 223 Å². The van der Waals surface area contributed by atoms with Gasteiger partial charge in [0.1, 0.15) is 0 Å². The molecule has 0 aliphatic heterocycles. The van der Waals surface area contributed by atoms with Crippen LogP contribution in [0.4, 0.5) is 34.1 Å². The summed E-state index contributed by atoms with van der Waals surface area (Å²) in [6.07, 6.45) is 7.79. The van der Waals surface area contributed by atoms with Crippen LogP contribution in [0.1, 0.15) is 23.5 Å². The zero-order chi connectivity index (χ0) is 34.7. The van der Waals surface area contributed by atoms with Crippen LogP contribution < -0.4 is 9.80 Å². The molecule has 1 unspecified atom stereocenters. The number of hydrogen-bond acceptors (Lipinski definition) is 2. The van der Waals surface area contributed by atoms with Crippen molar-refractivity contribution >= 4 is 61.2 Å². The van der Waals surface area contributed by atoms with Gasteiger partial charge in [-0.15, -0.1) is 0 Å². The van der Waals surface area contributed by atoms with Crippen LogP contribution in [0, 0.1) is 0 Å². The molecular formula is C50H38N2. The molecule has 0 spiro atoms. The van der Waals surface area contributed by atoms with Crippen LogP contribution in [-0.4, -0.2) is 0 Å². The molecule has 0 aromatic heterocycles. The van der Waals surface area contributed by atoms with E-state index in [0.717, 1.165) is 29.2 Å². The van der Waals surface area contributed by atoms with Crippen LogP contribution >= 0.6 is 0 Å². The highest BCUT2D eigenvalue weighted by atomic mass is 15.1. The third-order valence-electron chi connectivity index (χ3n) is 10.2. The lowest BCUT2D eigenvalue weighted by molar-refractivity contribution is 0.867. The Balaban J connectivity index is 0.992. The lowest BCUT2D eigenvalue weighted by Crippen LogP contribution is -2.11. The van der Waals surface area contributed by atoms with Crippen LogP contribution in [0.5, 0.6) is 0 Å². The topological polar surface area (TPSA) is 6.48 Å². The number of hydrogen-bond donors (Lipinski definition) is 0. The number of rotatable bonds is 8. The molecule has 2 nitrogen and oxygen atoms in total. The summed E-state index contributed by atoms with van der Waals surface area (Å²) in [5, 5.41) is 4.93. The molecule has 248 valence electrons. The Bertz CT molecular complexity index is 2520. The SMILES string of the molecule is C1=CC(c2ccc(N(c3ccccc3)c3cccc4ccccc34)cc2)CC(c2ccc(N(c3ccccc3)c3cccc4ccccc34)cc2)=C1. The molecule has 52 heavy (non-hydrogen) atoms. The number of allylic oxidation sites excluding steroid dienone is 4. The van der Waals surface area contributed by atoms with E-state index in [2.05, 4.69) is 222 Å². The number of fused-ring (bicyclic) bond motifs is 2. The fourth-order valence-electron chi connectivity index (χ4n) is 7.63. The lowest BCUT2D eigenvalue weighted by atomic mass is 9.85. The summed E-state index contributed by atoms with van der Waals surface area (Å²) in [6.45, 7) is 0. The molecule has 0 radical (unpaired) electrons. The minimum Gasteiger partial charge on any atom is -0.310 e. The van der Waals surface area contributed by atoms with E-state index in [-0.39, 0.29) is 0 Å². The average molecular weight is 667 g/mol. The second-order valence-corrected chi connectivity index (χ2v) is 13.4. The van der Waals surface area contributed by atoms with E-state index < -0.39 is 0 Å². The highest BCUT2D eigenvalue weighted by Crippen LogP contribution is 2.42. The third-order valence-corrected chi connectivity index (χ3v) is 10.2. The standard InChI is InChI=1S/C50H38N2/c1-3-20-43(21-4-1)51(49-26-12-16-39-14-7-9-24-47(39)49)45-32-28-37(29-33-45)41-18-11-19-42(36-41)38-30-34-46(35-31-38)52(44-22-5-2-6-23-44)50-27-13-17-40-15-8-10-25-48(40)50/h1-35,41H,36H2. The first-order valence-corrected chi connectivity index (χ1v) is 18.0. The Morgan fingerprint density at radius 3 is 1.37 bits per heavy atom. The van der Waals surface area contributed by atoms with E-state index in [4.69, 9.17) is 0 Å². The van der Waals surface area contributed by atoms with Gasteiger partial charge in [-0.2, -0.15) is 0 Å². The van der Waals surface area contributed by atoms with E-state index >= 15 is 0 Å². The van der Waals surface area contributed by atoms with Gasteiger partial charge in [-0.1, -0.05) is 152 Å². The van der Waals surface area contributed by atoms with Gasteiger partial charge in [0.25, 0.3) is 0 Å². The van der Waals surface area contributed by atoms with Crippen molar-refractivity contribution in [1.82, 2.24) is 0 Å². The number of nitrogens with zero attached hydrogens (tertiary/aromatic N) is 2. The van der Waals surface area contributed by atoms with Gasteiger partial charge in [0.05, 0.1) is 11.4 Å². The van der Waals surface area contributed by atoms with Crippen molar-refractivity contribution in [1.29, 1.82) is 0 Å². The van der Waals surface area contributed by atoms with Crippen LogP contribution in [0.25, 0.3) is 27.1 Å². The minimum atomic E-state index is 0.299. The molecule has 1 aliphatic rings. The van der Waals surface area contributed by atoms with E-state index in [0.29, 0.717) is 5.92 Å². The zero-order valence-corrected chi connectivity index (χ0v) is 28.9. The van der Waals surface area contributed by atoms with Crippen LogP contribution in [-0.2, 0) is 0 Å². The van der Waals surface area contributed by atoms with Crippen molar-refractivity contribution in [3.63, 3.8) is 0 Å². The Morgan fingerprint density at radius 1 is 0.385 bits per heavy atom. The summed E-state index contributed by atoms with van der Waals surface area (Å²) in [5.41, 5.74) is 10.8. The van der Waals surface area contributed by atoms with Crippen molar-refractivity contribution in [2.75, 3.05) is 9.80 Å². The first kappa shape index (κ1) is 31.3. The van der Waals surface area contributed by atoms with Gasteiger partial charge >= 0.3 is 0 Å². The molecule has 0 bridgehead atoms. The maximum absolute atomic E-state index is 2.37. The predicted molar refractivity (Wildman–Crippen MR) is 222 cm³/mol. The molecule has 0 amide bonds. The van der Waals surface area contributed by atoms with Gasteiger partial charge in [0.2, 0.25) is 0 Å². The maximum Gasteiger partial charge on any atom is 0.0540 e. The molecule has 9 rings (SSSR count). The largest absolute Gasteiger partial charge is 0.310 e. The summed E-state index contributed by atoms with van der Waals surface area (Å²) < 4.78 is 0. The monoisotopic (exact) mass is 666 g/mol. The number of para-hydroxylation sites is 2. The van der Waals surface area contributed by atoms with E-state index in [9.17, 15) is 0 Å². The van der Waals surface area contributed by atoms with Crippen molar-refractivity contribution in [2.24, 2.45) is 0 Å².